The van der Waals surface area contributed by atoms with Crippen LogP contribution >= 0.6 is 0 Å². The van der Waals surface area contributed by atoms with Gasteiger partial charge in [-0.15, -0.1) is 0 Å². The number of hydrogen-bond donors (Lipinski definition) is 1. The number of benzene rings is 3. The zero-order chi connectivity index (χ0) is 26.2. The van der Waals surface area contributed by atoms with E-state index in [4.69, 9.17) is 9.47 Å². The van der Waals surface area contributed by atoms with Crippen molar-refractivity contribution in [2.45, 2.75) is 19.1 Å². The van der Waals surface area contributed by atoms with E-state index >= 15 is 0 Å². The number of aliphatic hydroxyl groups is 1. The third-order valence-electron chi connectivity index (χ3n) is 6.02. The lowest BCUT2D eigenvalue weighted by molar-refractivity contribution is -0.137. The maximum Gasteiger partial charge on any atom is 0.416 e. The second-order valence-electron chi connectivity index (χ2n) is 8.17. The molecule has 36 heavy (non-hydrogen) atoms. The molecule has 0 aromatic heterocycles. The Hall–Kier alpha value is -4.27. The summed E-state index contributed by atoms with van der Waals surface area (Å²) in [7, 11) is 2.95. The van der Waals surface area contributed by atoms with Crippen molar-refractivity contribution in [3.05, 3.63) is 94.6 Å². The highest BCUT2D eigenvalue weighted by Gasteiger charge is 2.47. The highest BCUT2D eigenvalue weighted by Crippen LogP contribution is 2.44. The molecule has 0 radical (unpaired) electrons. The van der Waals surface area contributed by atoms with Crippen molar-refractivity contribution < 1.29 is 37.3 Å². The van der Waals surface area contributed by atoms with Crippen LogP contribution in [0, 0.1) is 6.92 Å². The number of carbonyl (C=O) groups is 2. The summed E-state index contributed by atoms with van der Waals surface area (Å²) < 4.78 is 50.6. The van der Waals surface area contributed by atoms with Gasteiger partial charge in [0.25, 0.3) is 11.7 Å². The predicted molar refractivity (Wildman–Crippen MR) is 127 cm³/mol. The third-order valence-corrected chi connectivity index (χ3v) is 6.02. The summed E-state index contributed by atoms with van der Waals surface area (Å²) in [5.41, 5.74) is -0.0717. The Morgan fingerprint density at radius 1 is 0.917 bits per heavy atom. The number of Topliss-reactive ketones (excluding diaryl/α,β-unsaturated/α-hetero) is 1. The number of anilines is 1. The molecule has 1 aliphatic rings. The molecule has 1 saturated heterocycles. The quantitative estimate of drug-likeness (QED) is 0.280. The Balaban J connectivity index is 1.95. The molecule has 0 saturated carbocycles. The zero-order valence-corrected chi connectivity index (χ0v) is 19.6. The van der Waals surface area contributed by atoms with Gasteiger partial charge in [0.2, 0.25) is 0 Å². The Kier molecular flexibility index (Phi) is 6.49. The Morgan fingerprint density at radius 2 is 1.56 bits per heavy atom. The van der Waals surface area contributed by atoms with E-state index < -0.39 is 35.2 Å². The fourth-order valence-corrected chi connectivity index (χ4v) is 4.21. The molecule has 1 fully saturated rings. The normalized spacial score (nSPS) is 17.4. The van der Waals surface area contributed by atoms with Crippen LogP contribution in [0.2, 0.25) is 0 Å². The van der Waals surface area contributed by atoms with Gasteiger partial charge in [-0.3, -0.25) is 14.5 Å². The molecule has 3 aromatic carbocycles. The summed E-state index contributed by atoms with van der Waals surface area (Å²) in [6.07, 6.45) is -4.65. The largest absolute Gasteiger partial charge is 0.507 e. The number of aliphatic hydroxyl groups excluding tert-OH is 1. The molecule has 4 rings (SSSR count). The summed E-state index contributed by atoms with van der Waals surface area (Å²) in [5, 5.41) is 11.3. The number of alkyl halides is 3. The molecular formula is C27H22F3NO5. The maximum absolute atomic E-state index is 13.4. The summed E-state index contributed by atoms with van der Waals surface area (Å²) in [4.78, 5) is 27.4. The van der Waals surface area contributed by atoms with Crippen LogP contribution in [0.3, 0.4) is 0 Å². The van der Waals surface area contributed by atoms with Crippen molar-refractivity contribution in [2.75, 3.05) is 19.1 Å². The summed E-state index contributed by atoms with van der Waals surface area (Å²) >= 11 is 0. The number of methoxy groups -OCH3 is 2. The number of hydrogen-bond acceptors (Lipinski definition) is 5. The molecule has 0 bridgehead atoms. The molecule has 186 valence electrons. The molecule has 3 aromatic rings. The number of amides is 1. The number of ketones is 1. The standard InChI is InChI=1S/C27H22F3NO5/c1-15-13-20(36-3)11-12-21(15)24(32)22-23(16-7-9-19(35-2)10-8-16)31(26(34)25(22)33)18-6-4-5-17(14-18)27(28,29)30/h4-14,23,32H,1-3H3/b24-22-. The Morgan fingerprint density at radius 3 is 2.14 bits per heavy atom. The predicted octanol–water partition coefficient (Wildman–Crippen LogP) is 5.66. The number of carbonyl (C=O) groups excluding carboxylic acids is 2. The lowest BCUT2D eigenvalue weighted by Gasteiger charge is -2.26. The first kappa shape index (κ1) is 24.8. The second kappa shape index (κ2) is 9.41. The number of ether oxygens (including phenoxy) is 2. The van der Waals surface area contributed by atoms with Gasteiger partial charge < -0.3 is 14.6 Å². The molecule has 1 atom stereocenters. The van der Waals surface area contributed by atoms with Crippen LogP contribution in [0.4, 0.5) is 18.9 Å². The van der Waals surface area contributed by atoms with Crippen molar-refractivity contribution in [3.63, 3.8) is 0 Å². The average molecular weight is 497 g/mol. The molecule has 1 heterocycles. The summed E-state index contributed by atoms with van der Waals surface area (Å²) in [6.45, 7) is 1.70. The second-order valence-corrected chi connectivity index (χ2v) is 8.17. The minimum absolute atomic E-state index is 0.127. The third kappa shape index (κ3) is 4.39. The zero-order valence-electron chi connectivity index (χ0n) is 19.6. The lowest BCUT2D eigenvalue weighted by Crippen LogP contribution is -2.29. The van der Waals surface area contributed by atoms with Crippen molar-refractivity contribution in [1.82, 2.24) is 0 Å². The van der Waals surface area contributed by atoms with Gasteiger partial charge in [0.1, 0.15) is 17.3 Å². The summed E-state index contributed by atoms with van der Waals surface area (Å²) in [5.74, 6) is -1.48. The van der Waals surface area contributed by atoms with Crippen LogP contribution in [-0.2, 0) is 15.8 Å². The number of halogens is 3. The minimum atomic E-state index is -4.65. The van der Waals surface area contributed by atoms with Gasteiger partial charge in [0, 0.05) is 11.3 Å². The molecule has 0 spiro atoms. The molecule has 1 amide bonds. The molecule has 6 nitrogen and oxygen atoms in total. The molecule has 1 unspecified atom stereocenters. The van der Waals surface area contributed by atoms with Crippen molar-refractivity contribution in [2.24, 2.45) is 0 Å². The van der Waals surface area contributed by atoms with E-state index in [1.54, 1.807) is 49.4 Å². The number of rotatable bonds is 5. The fourth-order valence-electron chi connectivity index (χ4n) is 4.21. The smallest absolute Gasteiger partial charge is 0.416 e. The molecule has 9 heteroatoms. The van der Waals surface area contributed by atoms with Gasteiger partial charge in [-0.05, 0) is 66.6 Å². The first-order chi connectivity index (χ1) is 17.1. The van der Waals surface area contributed by atoms with Gasteiger partial charge in [0.05, 0.1) is 31.4 Å². The highest BCUT2D eigenvalue weighted by molar-refractivity contribution is 6.51. The van der Waals surface area contributed by atoms with E-state index in [1.807, 2.05) is 0 Å². The molecule has 1 N–H and O–H groups in total. The molecule has 1 aliphatic heterocycles. The van der Waals surface area contributed by atoms with Gasteiger partial charge in [0.15, 0.2) is 0 Å². The van der Waals surface area contributed by atoms with Crippen LogP contribution in [0.5, 0.6) is 11.5 Å². The van der Waals surface area contributed by atoms with E-state index in [-0.39, 0.29) is 16.8 Å². The van der Waals surface area contributed by atoms with Gasteiger partial charge in [-0.25, -0.2) is 0 Å². The summed E-state index contributed by atoms with van der Waals surface area (Å²) in [6, 6.07) is 14.1. The Labute approximate surface area is 205 Å². The SMILES string of the molecule is COc1ccc(C2/C(=C(/O)c3ccc(OC)cc3C)C(=O)C(=O)N2c2cccc(C(F)(F)F)c2)cc1. The first-order valence-electron chi connectivity index (χ1n) is 10.8. The average Bonchev–Trinajstić information content (AvgIpc) is 3.13. The molecular weight excluding hydrogens is 475 g/mol. The minimum Gasteiger partial charge on any atom is -0.507 e. The first-order valence-corrected chi connectivity index (χ1v) is 10.8. The topological polar surface area (TPSA) is 76.1 Å². The van der Waals surface area contributed by atoms with E-state index in [1.165, 1.54) is 20.3 Å². The van der Waals surface area contributed by atoms with Crippen LogP contribution in [-0.4, -0.2) is 31.0 Å². The van der Waals surface area contributed by atoms with Crippen molar-refractivity contribution >= 4 is 23.1 Å². The monoisotopic (exact) mass is 497 g/mol. The highest BCUT2D eigenvalue weighted by atomic mass is 19.4. The van der Waals surface area contributed by atoms with E-state index in [0.717, 1.165) is 23.1 Å². The van der Waals surface area contributed by atoms with Gasteiger partial charge >= 0.3 is 6.18 Å². The van der Waals surface area contributed by atoms with Crippen molar-refractivity contribution in [1.29, 1.82) is 0 Å². The number of nitrogens with zero attached hydrogens (tertiary/aromatic N) is 1. The van der Waals surface area contributed by atoms with Crippen LogP contribution < -0.4 is 14.4 Å². The maximum atomic E-state index is 13.4. The van der Waals surface area contributed by atoms with E-state index in [9.17, 15) is 27.9 Å². The van der Waals surface area contributed by atoms with Gasteiger partial charge in [-0.2, -0.15) is 13.2 Å². The van der Waals surface area contributed by atoms with E-state index in [0.29, 0.717) is 22.6 Å². The van der Waals surface area contributed by atoms with Gasteiger partial charge in [-0.1, -0.05) is 18.2 Å². The fraction of sp³-hybridized carbons (Fsp3) is 0.185. The number of aryl methyl sites for hydroxylation is 1. The van der Waals surface area contributed by atoms with Crippen molar-refractivity contribution in [3.8, 4) is 11.5 Å². The van der Waals surface area contributed by atoms with Crippen LogP contribution in [0.15, 0.2) is 72.3 Å². The molecule has 0 aliphatic carbocycles. The van der Waals surface area contributed by atoms with Crippen LogP contribution in [0.1, 0.15) is 28.3 Å². The van der Waals surface area contributed by atoms with Crippen LogP contribution in [0.25, 0.3) is 5.76 Å². The lowest BCUT2D eigenvalue weighted by atomic mass is 9.93. The Bertz CT molecular complexity index is 1360. The van der Waals surface area contributed by atoms with E-state index in [2.05, 4.69) is 0 Å².